The van der Waals surface area contributed by atoms with Crippen LogP contribution in [0.1, 0.15) is 43.5 Å². The molecule has 1 aromatic rings. The van der Waals surface area contributed by atoms with Crippen molar-refractivity contribution in [2.24, 2.45) is 5.92 Å². The van der Waals surface area contributed by atoms with Gasteiger partial charge in [-0.2, -0.15) is 0 Å². The van der Waals surface area contributed by atoms with Gasteiger partial charge in [0.25, 0.3) is 0 Å². The standard InChI is InChI=1S/C15H26N2S/c1-3-17(2)11-10-16-15(13-7-4-5-8-13)14-9-6-12-18-14/h6,9,12-13,15-16H,3-5,7-8,10-11H2,1-2H3. The van der Waals surface area contributed by atoms with Gasteiger partial charge in [0.15, 0.2) is 0 Å². The Morgan fingerprint density at radius 3 is 2.83 bits per heavy atom. The Morgan fingerprint density at radius 1 is 1.44 bits per heavy atom. The van der Waals surface area contributed by atoms with E-state index in [1.54, 1.807) is 0 Å². The molecule has 18 heavy (non-hydrogen) atoms. The molecule has 1 N–H and O–H groups in total. The molecule has 1 saturated carbocycles. The predicted molar refractivity (Wildman–Crippen MR) is 80.2 cm³/mol. The van der Waals surface area contributed by atoms with Crippen molar-refractivity contribution >= 4 is 11.3 Å². The molecule has 1 heterocycles. The smallest absolute Gasteiger partial charge is 0.0443 e. The SMILES string of the molecule is CCN(C)CCNC(c1cccs1)C1CCCC1. The van der Waals surface area contributed by atoms with Crippen molar-refractivity contribution in [3.8, 4) is 0 Å². The van der Waals surface area contributed by atoms with Gasteiger partial charge in [-0.15, -0.1) is 11.3 Å². The first kappa shape index (κ1) is 14.0. The molecule has 2 nitrogen and oxygen atoms in total. The average Bonchev–Trinajstić information content (AvgIpc) is 3.06. The number of hydrogen-bond donors (Lipinski definition) is 1. The van der Waals surface area contributed by atoms with Gasteiger partial charge < -0.3 is 10.2 Å². The quantitative estimate of drug-likeness (QED) is 0.812. The molecule has 0 radical (unpaired) electrons. The van der Waals surface area contributed by atoms with Gasteiger partial charge in [0.05, 0.1) is 0 Å². The van der Waals surface area contributed by atoms with Gasteiger partial charge in [0.1, 0.15) is 0 Å². The monoisotopic (exact) mass is 266 g/mol. The summed E-state index contributed by atoms with van der Waals surface area (Å²) in [6.45, 7) is 5.59. The third kappa shape index (κ3) is 3.81. The zero-order valence-corrected chi connectivity index (χ0v) is 12.5. The Bertz CT molecular complexity index is 317. The zero-order valence-electron chi connectivity index (χ0n) is 11.7. The molecule has 1 aliphatic carbocycles. The minimum Gasteiger partial charge on any atom is -0.308 e. The number of hydrogen-bond acceptors (Lipinski definition) is 3. The first-order valence-corrected chi connectivity index (χ1v) is 8.14. The lowest BCUT2D eigenvalue weighted by Crippen LogP contribution is -2.33. The van der Waals surface area contributed by atoms with Crippen molar-refractivity contribution in [2.45, 2.75) is 38.6 Å². The molecule has 3 heteroatoms. The highest BCUT2D eigenvalue weighted by atomic mass is 32.1. The van der Waals surface area contributed by atoms with E-state index in [0.717, 1.165) is 25.6 Å². The lowest BCUT2D eigenvalue weighted by Gasteiger charge is -2.25. The maximum absolute atomic E-state index is 3.80. The van der Waals surface area contributed by atoms with Gasteiger partial charge in [-0.25, -0.2) is 0 Å². The van der Waals surface area contributed by atoms with Crippen LogP contribution in [0.15, 0.2) is 17.5 Å². The molecule has 0 bridgehead atoms. The summed E-state index contributed by atoms with van der Waals surface area (Å²) in [5.41, 5.74) is 0. The minimum atomic E-state index is 0.595. The summed E-state index contributed by atoms with van der Waals surface area (Å²) in [4.78, 5) is 3.90. The van der Waals surface area contributed by atoms with Gasteiger partial charge in [0, 0.05) is 24.0 Å². The predicted octanol–water partition coefficient (Wildman–Crippen LogP) is 3.52. The lowest BCUT2D eigenvalue weighted by molar-refractivity contribution is 0.314. The normalized spacial score (nSPS) is 18.6. The Morgan fingerprint density at radius 2 is 2.22 bits per heavy atom. The van der Waals surface area contributed by atoms with Crippen molar-refractivity contribution < 1.29 is 0 Å². The molecule has 0 amide bonds. The molecular formula is C15H26N2S. The van der Waals surface area contributed by atoms with E-state index in [0.29, 0.717) is 6.04 Å². The molecule has 0 aromatic carbocycles. The highest BCUT2D eigenvalue weighted by molar-refractivity contribution is 7.10. The van der Waals surface area contributed by atoms with Crippen molar-refractivity contribution in [3.63, 3.8) is 0 Å². The summed E-state index contributed by atoms with van der Waals surface area (Å²) in [7, 11) is 2.19. The summed E-state index contributed by atoms with van der Waals surface area (Å²) in [5.74, 6) is 0.857. The van der Waals surface area contributed by atoms with Crippen LogP contribution in [0.2, 0.25) is 0 Å². The van der Waals surface area contributed by atoms with Gasteiger partial charge in [0.2, 0.25) is 0 Å². The largest absolute Gasteiger partial charge is 0.308 e. The maximum Gasteiger partial charge on any atom is 0.0443 e. The van der Waals surface area contributed by atoms with Crippen LogP contribution in [0, 0.1) is 5.92 Å². The zero-order chi connectivity index (χ0) is 12.8. The molecule has 102 valence electrons. The summed E-state index contributed by atoms with van der Waals surface area (Å²) in [6, 6.07) is 5.07. The van der Waals surface area contributed by atoms with E-state index >= 15 is 0 Å². The fourth-order valence-corrected chi connectivity index (χ4v) is 3.72. The van der Waals surface area contributed by atoms with Crippen molar-refractivity contribution in [1.29, 1.82) is 0 Å². The second-order valence-electron chi connectivity index (χ2n) is 5.39. The van der Waals surface area contributed by atoms with Gasteiger partial charge in [-0.1, -0.05) is 25.8 Å². The van der Waals surface area contributed by atoms with Gasteiger partial charge in [-0.05, 0) is 43.8 Å². The van der Waals surface area contributed by atoms with E-state index in [9.17, 15) is 0 Å². The van der Waals surface area contributed by atoms with Crippen LogP contribution in [0.3, 0.4) is 0 Å². The fraction of sp³-hybridized carbons (Fsp3) is 0.733. The molecule has 0 spiro atoms. The van der Waals surface area contributed by atoms with E-state index in [-0.39, 0.29) is 0 Å². The Balaban J connectivity index is 1.88. The molecular weight excluding hydrogens is 240 g/mol. The topological polar surface area (TPSA) is 15.3 Å². The van der Waals surface area contributed by atoms with Crippen LogP contribution in [0.25, 0.3) is 0 Å². The average molecular weight is 266 g/mol. The van der Waals surface area contributed by atoms with Gasteiger partial charge in [-0.3, -0.25) is 0 Å². The molecule has 1 aliphatic rings. The number of nitrogens with zero attached hydrogens (tertiary/aromatic N) is 1. The Kier molecular flexibility index (Phi) is 5.67. The van der Waals surface area contributed by atoms with E-state index in [2.05, 4.69) is 41.7 Å². The first-order chi connectivity index (χ1) is 8.81. The molecule has 1 unspecified atom stereocenters. The first-order valence-electron chi connectivity index (χ1n) is 7.26. The van der Waals surface area contributed by atoms with Crippen LogP contribution < -0.4 is 5.32 Å². The van der Waals surface area contributed by atoms with Crippen LogP contribution in [0.4, 0.5) is 0 Å². The highest BCUT2D eigenvalue weighted by Gasteiger charge is 2.26. The van der Waals surface area contributed by atoms with Crippen LogP contribution in [-0.4, -0.2) is 31.6 Å². The summed E-state index contributed by atoms with van der Waals surface area (Å²) in [6.07, 6.45) is 5.64. The molecule has 1 aromatic heterocycles. The van der Waals surface area contributed by atoms with Crippen molar-refractivity contribution in [2.75, 3.05) is 26.7 Å². The molecule has 0 saturated heterocycles. The maximum atomic E-state index is 3.80. The van der Waals surface area contributed by atoms with E-state index in [4.69, 9.17) is 0 Å². The highest BCUT2D eigenvalue weighted by Crippen LogP contribution is 2.37. The van der Waals surface area contributed by atoms with E-state index in [1.807, 2.05) is 11.3 Å². The van der Waals surface area contributed by atoms with Crippen molar-refractivity contribution in [1.82, 2.24) is 10.2 Å². The Labute approximate surface area is 115 Å². The molecule has 1 atom stereocenters. The number of rotatable bonds is 7. The van der Waals surface area contributed by atoms with Gasteiger partial charge >= 0.3 is 0 Å². The van der Waals surface area contributed by atoms with Crippen LogP contribution in [-0.2, 0) is 0 Å². The summed E-state index contributed by atoms with van der Waals surface area (Å²) in [5, 5.41) is 6.00. The lowest BCUT2D eigenvalue weighted by atomic mass is 9.97. The van der Waals surface area contributed by atoms with Crippen molar-refractivity contribution in [3.05, 3.63) is 22.4 Å². The molecule has 1 fully saturated rings. The van der Waals surface area contributed by atoms with Crippen LogP contribution >= 0.6 is 11.3 Å². The number of nitrogens with one attached hydrogen (secondary N) is 1. The summed E-state index contributed by atoms with van der Waals surface area (Å²) < 4.78 is 0. The second kappa shape index (κ2) is 7.27. The second-order valence-corrected chi connectivity index (χ2v) is 6.37. The number of thiophene rings is 1. The molecule has 2 rings (SSSR count). The minimum absolute atomic E-state index is 0.595. The van der Waals surface area contributed by atoms with E-state index < -0.39 is 0 Å². The third-order valence-corrected chi connectivity index (χ3v) is 5.07. The number of likely N-dealkylation sites (N-methyl/N-ethyl adjacent to an activating group) is 1. The molecule has 0 aliphatic heterocycles. The van der Waals surface area contributed by atoms with Crippen LogP contribution in [0.5, 0.6) is 0 Å². The Hall–Kier alpha value is -0.380. The fourth-order valence-electron chi connectivity index (χ4n) is 2.83. The summed E-state index contributed by atoms with van der Waals surface area (Å²) >= 11 is 1.91. The third-order valence-electron chi connectivity index (χ3n) is 4.12. The van der Waals surface area contributed by atoms with E-state index in [1.165, 1.54) is 30.6 Å².